The first-order chi connectivity index (χ1) is 9.49. The van der Waals surface area contributed by atoms with E-state index in [0.29, 0.717) is 0 Å². The van der Waals surface area contributed by atoms with Crippen LogP contribution in [-0.4, -0.2) is 12.2 Å². The van der Waals surface area contributed by atoms with Crippen molar-refractivity contribution in [1.82, 2.24) is 0 Å². The van der Waals surface area contributed by atoms with Crippen LogP contribution in [0.4, 0.5) is 5.69 Å². The first-order valence-electron chi connectivity index (χ1n) is 6.72. The van der Waals surface area contributed by atoms with Gasteiger partial charge >= 0.3 is 0 Å². The lowest BCUT2D eigenvalue weighted by Crippen LogP contribution is -2.19. The molecule has 0 aliphatic carbocycles. The van der Waals surface area contributed by atoms with Gasteiger partial charge in [-0.25, -0.2) is 0 Å². The molecule has 0 amide bonds. The zero-order chi connectivity index (χ0) is 14.7. The summed E-state index contributed by atoms with van der Waals surface area (Å²) in [4.78, 5) is 2.18. The highest BCUT2D eigenvalue weighted by Crippen LogP contribution is 2.30. The van der Waals surface area contributed by atoms with Gasteiger partial charge < -0.3 is 10.0 Å². The molecule has 0 fully saturated rings. The third-order valence-electron chi connectivity index (χ3n) is 3.52. The van der Waals surface area contributed by atoms with Crippen LogP contribution in [0.3, 0.4) is 0 Å². The van der Waals surface area contributed by atoms with Gasteiger partial charge in [-0.2, -0.15) is 0 Å². The minimum atomic E-state index is -0.484. The predicted molar refractivity (Wildman–Crippen MR) is 88.1 cm³/mol. The summed E-state index contributed by atoms with van der Waals surface area (Å²) in [6.07, 6.45) is -0.484. The minimum absolute atomic E-state index is 0.484. The summed E-state index contributed by atoms with van der Waals surface area (Å²) in [5.41, 5.74) is 4.59. The van der Waals surface area contributed by atoms with E-state index in [-0.39, 0.29) is 0 Å². The summed E-state index contributed by atoms with van der Waals surface area (Å²) in [6.45, 7) is 4.75. The smallest absolute Gasteiger partial charge is 0.0782 e. The Bertz CT molecular complexity index is 595. The lowest BCUT2D eigenvalue weighted by molar-refractivity contribution is 0.199. The van der Waals surface area contributed by atoms with E-state index in [0.717, 1.165) is 22.3 Å². The molecule has 2 aromatic rings. The first kappa shape index (κ1) is 15.1. The van der Waals surface area contributed by atoms with Crippen molar-refractivity contribution in [1.29, 1.82) is 0 Å². The molecular weight excluding hydrogens is 314 g/mol. The highest BCUT2D eigenvalue weighted by Gasteiger charge is 2.13. The molecule has 0 spiro atoms. The second-order valence-electron chi connectivity index (χ2n) is 5.16. The van der Waals surface area contributed by atoms with Crippen molar-refractivity contribution in [3.05, 3.63) is 63.6 Å². The lowest BCUT2D eigenvalue weighted by atomic mass is 10.1. The molecule has 1 N–H and O–H groups in total. The summed E-state index contributed by atoms with van der Waals surface area (Å²) in [5, 5.41) is 9.95. The van der Waals surface area contributed by atoms with Crippen molar-refractivity contribution in [3.63, 3.8) is 0 Å². The van der Waals surface area contributed by atoms with Gasteiger partial charge in [0.2, 0.25) is 0 Å². The fraction of sp³-hybridized carbons (Fsp3) is 0.294. The zero-order valence-electron chi connectivity index (χ0n) is 12.1. The van der Waals surface area contributed by atoms with Crippen LogP contribution >= 0.6 is 15.9 Å². The Morgan fingerprint density at radius 2 is 1.90 bits per heavy atom. The molecule has 0 saturated heterocycles. The van der Waals surface area contributed by atoms with Crippen LogP contribution in [0, 0.1) is 6.92 Å². The fourth-order valence-corrected chi connectivity index (χ4v) is 2.71. The summed E-state index contributed by atoms with van der Waals surface area (Å²) in [5.74, 6) is 0. The Balaban J connectivity index is 2.30. The normalized spacial score (nSPS) is 12.2. The Morgan fingerprint density at radius 3 is 2.55 bits per heavy atom. The van der Waals surface area contributed by atoms with Crippen LogP contribution in [0.15, 0.2) is 46.9 Å². The van der Waals surface area contributed by atoms with Gasteiger partial charge in [-0.1, -0.05) is 40.2 Å². The monoisotopic (exact) mass is 333 g/mol. The van der Waals surface area contributed by atoms with Gasteiger partial charge in [-0.15, -0.1) is 0 Å². The molecule has 0 heterocycles. The molecule has 2 nitrogen and oxygen atoms in total. The maximum atomic E-state index is 9.95. The Morgan fingerprint density at radius 1 is 1.20 bits per heavy atom. The number of halogens is 1. The molecule has 106 valence electrons. The summed E-state index contributed by atoms with van der Waals surface area (Å²) in [7, 11) is 2.06. The molecule has 1 unspecified atom stereocenters. The summed E-state index contributed by atoms with van der Waals surface area (Å²) in [6, 6.07) is 14.4. The van der Waals surface area contributed by atoms with Gasteiger partial charge in [0.1, 0.15) is 0 Å². The molecule has 0 aromatic heterocycles. The number of aliphatic hydroxyl groups is 1. The largest absolute Gasteiger partial charge is 0.389 e. The highest BCUT2D eigenvalue weighted by molar-refractivity contribution is 9.10. The van der Waals surface area contributed by atoms with Crippen LogP contribution in [0.1, 0.15) is 29.7 Å². The van der Waals surface area contributed by atoms with Gasteiger partial charge in [-0.05, 0) is 43.2 Å². The number of anilines is 1. The number of hydrogen-bond donors (Lipinski definition) is 1. The van der Waals surface area contributed by atoms with Crippen molar-refractivity contribution in [2.75, 3.05) is 11.9 Å². The SMILES string of the molecule is Cc1ccccc1CN(C)c1ccc(Br)cc1C(C)O. The van der Waals surface area contributed by atoms with Crippen molar-refractivity contribution < 1.29 is 5.11 Å². The summed E-state index contributed by atoms with van der Waals surface area (Å²) >= 11 is 3.46. The number of benzene rings is 2. The standard InChI is InChI=1S/C17H20BrNO/c1-12-6-4-5-7-14(12)11-19(3)17-9-8-15(18)10-16(17)13(2)20/h4-10,13,20H,11H2,1-3H3. The lowest BCUT2D eigenvalue weighted by Gasteiger charge is -2.24. The third kappa shape index (κ3) is 3.41. The van der Waals surface area contributed by atoms with Gasteiger partial charge in [-0.3, -0.25) is 0 Å². The molecule has 0 aliphatic rings. The van der Waals surface area contributed by atoms with Crippen molar-refractivity contribution >= 4 is 21.6 Å². The van der Waals surface area contributed by atoms with Crippen LogP contribution in [0.25, 0.3) is 0 Å². The number of hydrogen-bond acceptors (Lipinski definition) is 2. The van der Waals surface area contributed by atoms with E-state index in [1.54, 1.807) is 6.92 Å². The second kappa shape index (κ2) is 6.42. The second-order valence-corrected chi connectivity index (χ2v) is 6.08. The van der Waals surface area contributed by atoms with Gasteiger partial charge in [0, 0.05) is 29.3 Å². The van der Waals surface area contributed by atoms with Gasteiger partial charge in [0.25, 0.3) is 0 Å². The molecule has 1 atom stereocenters. The average molecular weight is 334 g/mol. The molecular formula is C17H20BrNO. The molecule has 20 heavy (non-hydrogen) atoms. The average Bonchev–Trinajstić information content (AvgIpc) is 2.41. The Labute approximate surface area is 129 Å². The van der Waals surface area contributed by atoms with E-state index in [9.17, 15) is 5.11 Å². The van der Waals surface area contributed by atoms with Crippen LogP contribution in [0.2, 0.25) is 0 Å². The molecule has 0 aliphatic heterocycles. The van der Waals surface area contributed by atoms with Crippen LogP contribution in [0.5, 0.6) is 0 Å². The minimum Gasteiger partial charge on any atom is -0.389 e. The zero-order valence-corrected chi connectivity index (χ0v) is 13.7. The topological polar surface area (TPSA) is 23.5 Å². The molecule has 3 heteroatoms. The quantitative estimate of drug-likeness (QED) is 0.893. The maximum Gasteiger partial charge on any atom is 0.0782 e. The van der Waals surface area contributed by atoms with E-state index >= 15 is 0 Å². The number of aryl methyl sites for hydroxylation is 1. The highest BCUT2D eigenvalue weighted by atomic mass is 79.9. The fourth-order valence-electron chi connectivity index (χ4n) is 2.34. The van der Waals surface area contributed by atoms with Crippen molar-refractivity contribution in [2.45, 2.75) is 26.5 Å². The van der Waals surface area contributed by atoms with Crippen LogP contribution in [-0.2, 0) is 6.54 Å². The molecule has 2 aromatic carbocycles. The summed E-state index contributed by atoms with van der Waals surface area (Å²) < 4.78 is 0.987. The Hall–Kier alpha value is -1.32. The van der Waals surface area contributed by atoms with E-state index in [1.165, 1.54) is 11.1 Å². The van der Waals surface area contributed by atoms with E-state index in [1.807, 2.05) is 18.2 Å². The molecule has 2 rings (SSSR count). The molecule has 0 radical (unpaired) electrons. The predicted octanol–water partition coefficient (Wildman–Crippen LogP) is 4.45. The number of rotatable bonds is 4. The van der Waals surface area contributed by atoms with Crippen molar-refractivity contribution in [2.24, 2.45) is 0 Å². The first-order valence-corrected chi connectivity index (χ1v) is 7.51. The number of aliphatic hydroxyl groups excluding tert-OH is 1. The Kier molecular flexibility index (Phi) is 4.84. The van der Waals surface area contributed by atoms with Crippen LogP contribution < -0.4 is 4.90 Å². The third-order valence-corrected chi connectivity index (χ3v) is 4.01. The van der Waals surface area contributed by atoms with Gasteiger partial charge in [0.15, 0.2) is 0 Å². The van der Waals surface area contributed by atoms with E-state index in [4.69, 9.17) is 0 Å². The molecule has 0 bridgehead atoms. The number of nitrogens with zero attached hydrogens (tertiary/aromatic N) is 1. The van der Waals surface area contributed by atoms with Gasteiger partial charge in [0.05, 0.1) is 6.10 Å². The molecule has 0 saturated carbocycles. The maximum absolute atomic E-state index is 9.95. The van der Waals surface area contributed by atoms with E-state index < -0.39 is 6.10 Å². The van der Waals surface area contributed by atoms with E-state index in [2.05, 4.69) is 59.1 Å². The van der Waals surface area contributed by atoms with Crippen molar-refractivity contribution in [3.8, 4) is 0 Å².